The first-order chi connectivity index (χ1) is 13.8. The molecule has 154 valence electrons. The number of halogens is 2. The van der Waals surface area contributed by atoms with Gasteiger partial charge in [0.25, 0.3) is 5.91 Å². The first-order valence-corrected chi connectivity index (χ1v) is 9.95. The van der Waals surface area contributed by atoms with Gasteiger partial charge >= 0.3 is 0 Å². The fourth-order valence-corrected chi connectivity index (χ4v) is 3.76. The molecular weight excluding hydrogens is 402 g/mol. The molecule has 7 nitrogen and oxygen atoms in total. The zero-order chi connectivity index (χ0) is 21.0. The van der Waals surface area contributed by atoms with Gasteiger partial charge in [-0.1, -0.05) is 0 Å². The number of amides is 3. The molecule has 2 heterocycles. The molecule has 3 amide bonds. The van der Waals surface area contributed by atoms with E-state index in [4.69, 9.17) is 0 Å². The third-order valence-electron chi connectivity index (χ3n) is 4.59. The van der Waals surface area contributed by atoms with E-state index in [-0.39, 0.29) is 29.8 Å². The number of anilines is 1. The van der Waals surface area contributed by atoms with E-state index < -0.39 is 17.5 Å². The van der Waals surface area contributed by atoms with Crippen LogP contribution >= 0.6 is 11.3 Å². The van der Waals surface area contributed by atoms with Gasteiger partial charge in [-0.05, 0) is 31.9 Å². The molecule has 10 heteroatoms. The van der Waals surface area contributed by atoms with Gasteiger partial charge < -0.3 is 15.5 Å². The number of aryl methyl sites for hydroxylation is 1. The Morgan fingerprint density at radius 2 is 1.83 bits per heavy atom. The second-order valence-electron chi connectivity index (χ2n) is 6.78. The maximum Gasteiger partial charge on any atom is 0.251 e. The number of likely N-dealkylation sites (tertiary alicyclic amines) is 1. The van der Waals surface area contributed by atoms with Crippen molar-refractivity contribution in [1.29, 1.82) is 0 Å². The molecule has 29 heavy (non-hydrogen) atoms. The quantitative estimate of drug-likeness (QED) is 0.774. The van der Waals surface area contributed by atoms with Crippen molar-refractivity contribution < 1.29 is 23.2 Å². The molecule has 1 aromatic carbocycles. The minimum absolute atomic E-state index is 0.118. The van der Waals surface area contributed by atoms with Crippen molar-refractivity contribution in [3.05, 3.63) is 46.5 Å². The predicted molar refractivity (Wildman–Crippen MR) is 103 cm³/mol. The van der Waals surface area contributed by atoms with E-state index in [2.05, 4.69) is 15.6 Å². The fourth-order valence-electron chi connectivity index (χ4n) is 3.06. The summed E-state index contributed by atoms with van der Waals surface area (Å²) in [6.45, 7) is 2.34. The molecular formula is C19H20F2N4O3S. The molecule has 0 unspecified atom stereocenters. The highest BCUT2D eigenvalue weighted by molar-refractivity contribution is 7.13. The molecule has 0 saturated carbocycles. The number of hydrogen-bond acceptors (Lipinski definition) is 5. The maximum absolute atomic E-state index is 13.2. The monoisotopic (exact) mass is 422 g/mol. The molecule has 0 bridgehead atoms. The average molecular weight is 422 g/mol. The number of rotatable bonds is 5. The molecule has 1 saturated heterocycles. The number of carbonyl (C=O) groups is 3. The topological polar surface area (TPSA) is 91.4 Å². The van der Waals surface area contributed by atoms with Crippen LogP contribution in [-0.4, -0.2) is 47.2 Å². The molecule has 2 N–H and O–H groups in total. The molecule has 1 aliphatic heterocycles. The Morgan fingerprint density at radius 1 is 1.17 bits per heavy atom. The molecule has 0 radical (unpaired) electrons. The Bertz CT molecular complexity index is 906. The van der Waals surface area contributed by atoms with E-state index in [0.29, 0.717) is 37.1 Å². The summed E-state index contributed by atoms with van der Waals surface area (Å²) in [5.74, 6) is -3.11. The standard InChI is InChI=1S/C19H20F2N4O3S/c1-11-10-29-19(23-11)24-18(28)12-2-4-25(5-3-12)16(26)9-22-17(27)13-6-14(20)8-15(21)7-13/h6-8,10,12H,2-5,9H2,1H3,(H,22,27)(H,23,24,28). The van der Waals surface area contributed by atoms with Crippen LogP contribution in [0.2, 0.25) is 0 Å². The third kappa shape index (κ3) is 5.57. The Labute approximate surface area is 170 Å². The zero-order valence-corrected chi connectivity index (χ0v) is 16.5. The highest BCUT2D eigenvalue weighted by atomic mass is 32.1. The molecule has 0 spiro atoms. The Morgan fingerprint density at radius 3 is 2.41 bits per heavy atom. The number of nitrogens with zero attached hydrogens (tertiary/aromatic N) is 2. The lowest BCUT2D eigenvalue weighted by atomic mass is 9.96. The van der Waals surface area contributed by atoms with Crippen LogP contribution in [0.1, 0.15) is 28.9 Å². The van der Waals surface area contributed by atoms with Gasteiger partial charge in [-0.2, -0.15) is 0 Å². The second-order valence-corrected chi connectivity index (χ2v) is 7.64. The lowest BCUT2D eigenvalue weighted by Gasteiger charge is -2.31. The van der Waals surface area contributed by atoms with Crippen LogP contribution in [-0.2, 0) is 9.59 Å². The Hall–Kier alpha value is -2.88. The smallest absolute Gasteiger partial charge is 0.251 e. The summed E-state index contributed by atoms with van der Waals surface area (Å²) >= 11 is 1.36. The summed E-state index contributed by atoms with van der Waals surface area (Å²) < 4.78 is 26.4. The molecule has 1 aromatic heterocycles. The van der Waals surface area contributed by atoms with Gasteiger partial charge in [0.1, 0.15) is 11.6 Å². The van der Waals surface area contributed by atoms with Gasteiger partial charge in [0.05, 0.1) is 12.2 Å². The van der Waals surface area contributed by atoms with E-state index in [1.165, 1.54) is 11.3 Å². The maximum atomic E-state index is 13.2. The number of aromatic nitrogens is 1. The van der Waals surface area contributed by atoms with Crippen LogP contribution < -0.4 is 10.6 Å². The summed E-state index contributed by atoms with van der Waals surface area (Å²) in [5.41, 5.74) is 0.650. The Kier molecular flexibility index (Phi) is 6.53. The average Bonchev–Trinajstić information content (AvgIpc) is 3.09. The van der Waals surface area contributed by atoms with Gasteiger partial charge in [0.2, 0.25) is 11.8 Å². The molecule has 1 aliphatic rings. The van der Waals surface area contributed by atoms with Crippen molar-refractivity contribution in [3.8, 4) is 0 Å². The third-order valence-corrected chi connectivity index (χ3v) is 5.47. The van der Waals surface area contributed by atoms with E-state index >= 15 is 0 Å². The van der Waals surface area contributed by atoms with Crippen molar-refractivity contribution in [1.82, 2.24) is 15.2 Å². The van der Waals surface area contributed by atoms with Crippen molar-refractivity contribution in [2.75, 3.05) is 25.0 Å². The fraction of sp³-hybridized carbons (Fsp3) is 0.368. The number of hydrogen-bond donors (Lipinski definition) is 2. The van der Waals surface area contributed by atoms with Crippen molar-refractivity contribution >= 4 is 34.2 Å². The zero-order valence-electron chi connectivity index (χ0n) is 15.7. The van der Waals surface area contributed by atoms with Crippen molar-refractivity contribution in [2.24, 2.45) is 5.92 Å². The lowest BCUT2D eigenvalue weighted by molar-refractivity contribution is -0.133. The minimum Gasteiger partial charge on any atom is -0.343 e. The summed E-state index contributed by atoms with van der Waals surface area (Å²) in [6, 6.07) is 2.46. The Balaban J connectivity index is 1.44. The van der Waals surface area contributed by atoms with Gasteiger partial charge in [-0.3, -0.25) is 14.4 Å². The van der Waals surface area contributed by atoms with Crippen LogP contribution in [0.4, 0.5) is 13.9 Å². The molecule has 3 rings (SSSR count). The van der Waals surface area contributed by atoms with Gasteiger partial charge in [0.15, 0.2) is 5.13 Å². The first kappa shape index (κ1) is 20.8. The van der Waals surface area contributed by atoms with Crippen LogP contribution in [0.25, 0.3) is 0 Å². The molecule has 1 fully saturated rings. The predicted octanol–water partition coefficient (Wildman–Crippen LogP) is 2.34. The van der Waals surface area contributed by atoms with Crippen molar-refractivity contribution in [2.45, 2.75) is 19.8 Å². The number of piperidine rings is 1. The van der Waals surface area contributed by atoms with Gasteiger partial charge in [-0.15, -0.1) is 11.3 Å². The van der Waals surface area contributed by atoms with E-state index in [9.17, 15) is 23.2 Å². The van der Waals surface area contributed by atoms with Crippen LogP contribution in [0, 0.1) is 24.5 Å². The SMILES string of the molecule is Cc1csc(NC(=O)C2CCN(C(=O)CNC(=O)c3cc(F)cc(F)c3)CC2)n1. The summed E-state index contributed by atoms with van der Waals surface area (Å²) in [6.07, 6.45) is 1.01. The van der Waals surface area contributed by atoms with Crippen LogP contribution in [0.3, 0.4) is 0 Å². The van der Waals surface area contributed by atoms with Crippen molar-refractivity contribution in [3.63, 3.8) is 0 Å². The highest BCUT2D eigenvalue weighted by Crippen LogP contribution is 2.21. The first-order valence-electron chi connectivity index (χ1n) is 9.07. The summed E-state index contributed by atoms with van der Waals surface area (Å²) in [5, 5.41) is 7.57. The van der Waals surface area contributed by atoms with Crippen LogP contribution in [0.5, 0.6) is 0 Å². The largest absolute Gasteiger partial charge is 0.343 e. The van der Waals surface area contributed by atoms with Crippen LogP contribution in [0.15, 0.2) is 23.6 Å². The summed E-state index contributed by atoms with van der Waals surface area (Å²) in [7, 11) is 0. The normalized spacial score (nSPS) is 14.5. The number of thiazole rings is 1. The molecule has 0 atom stereocenters. The minimum atomic E-state index is -0.866. The number of carbonyl (C=O) groups excluding carboxylic acids is 3. The number of nitrogens with one attached hydrogen (secondary N) is 2. The second kappa shape index (κ2) is 9.08. The molecule has 0 aliphatic carbocycles. The van der Waals surface area contributed by atoms with E-state index in [1.54, 1.807) is 4.90 Å². The lowest BCUT2D eigenvalue weighted by Crippen LogP contribution is -2.45. The number of benzene rings is 1. The van der Waals surface area contributed by atoms with E-state index in [0.717, 1.165) is 17.8 Å². The summed E-state index contributed by atoms with van der Waals surface area (Å²) in [4.78, 5) is 42.3. The molecule has 2 aromatic rings. The van der Waals surface area contributed by atoms with Gasteiger partial charge in [-0.25, -0.2) is 13.8 Å². The highest BCUT2D eigenvalue weighted by Gasteiger charge is 2.28. The van der Waals surface area contributed by atoms with Gasteiger partial charge in [0, 0.05) is 36.0 Å². The van der Waals surface area contributed by atoms with E-state index in [1.807, 2.05) is 12.3 Å².